The summed E-state index contributed by atoms with van der Waals surface area (Å²) in [6, 6.07) is 2.89. The van der Waals surface area contributed by atoms with E-state index in [1.54, 1.807) is 27.9 Å². The Labute approximate surface area is 312 Å². The Morgan fingerprint density at radius 2 is 1.92 bits per heavy atom. The number of carbonyl (C=O) groups excluding carboxylic acids is 4. The van der Waals surface area contributed by atoms with E-state index in [0.29, 0.717) is 23.6 Å². The van der Waals surface area contributed by atoms with Crippen LogP contribution in [-0.2, 0) is 35.0 Å². The lowest BCUT2D eigenvalue weighted by atomic mass is 9.82. The third-order valence-electron chi connectivity index (χ3n) is 10.6. The highest BCUT2D eigenvalue weighted by molar-refractivity contribution is 7.81. The average molecular weight is 748 g/mol. The molecule has 0 spiro atoms. The summed E-state index contributed by atoms with van der Waals surface area (Å²) in [6.45, 7) is 14.7. The molecule has 4 rings (SSSR count). The lowest BCUT2D eigenvalue weighted by Gasteiger charge is -2.41. The van der Waals surface area contributed by atoms with Crippen LogP contribution in [0.25, 0.3) is 0 Å². The van der Waals surface area contributed by atoms with Crippen LogP contribution in [0.3, 0.4) is 0 Å². The van der Waals surface area contributed by atoms with Crippen LogP contribution >= 0.6 is 24.2 Å². The summed E-state index contributed by atoms with van der Waals surface area (Å²) < 4.78 is 17.7. The first-order valence-electron chi connectivity index (χ1n) is 17.5. The maximum atomic E-state index is 14.1. The van der Waals surface area contributed by atoms with Crippen molar-refractivity contribution in [3.8, 4) is 0 Å². The Bertz CT molecular complexity index is 1590. The molecule has 1 unspecified atom stereocenters. The number of fused-ring (bicyclic) bond motifs is 5. The van der Waals surface area contributed by atoms with Crippen molar-refractivity contribution in [1.29, 1.82) is 0 Å². The quantitative estimate of drug-likeness (QED) is 0.185. The lowest BCUT2D eigenvalue weighted by molar-refractivity contribution is -0.162. The number of hydrogen-bond donors (Lipinski definition) is 3. The smallest absolute Gasteiger partial charge is 0.409 e. The fraction of sp³-hybridized carbons (Fsp3) is 0.632. The van der Waals surface area contributed by atoms with Gasteiger partial charge in [0.05, 0.1) is 23.2 Å². The summed E-state index contributed by atoms with van der Waals surface area (Å²) in [5.74, 6) is -2.23. The summed E-state index contributed by atoms with van der Waals surface area (Å²) in [7, 11) is 3.17. The summed E-state index contributed by atoms with van der Waals surface area (Å²) in [6.07, 6.45) is 3.57. The third kappa shape index (κ3) is 9.49. The zero-order chi connectivity index (χ0) is 38.2. The highest BCUT2D eigenvalue weighted by Gasteiger charge is 2.64. The van der Waals surface area contributed by atoms with Gasteiger partial charge < -0.3 is 29.1 Å². The number of rotatable bonds is 6. The van der Waals surface area contributed by atoms with Gasteiger partial charge in [-0.25, -0.2) is 9.59 Å². The summed E-state index contributed by atoms with van der Waals surface area (Å²) in [5.41, 5.74) is 0.530. The van der Waals surface area contributed by atoms with Gasteiger partial charge in [-0.2, -0.15) is 12.6 Å². The van der Waals surface area contributed by atoms with Crippen molar-refractivity contribution < 1.29 is 38.5 Å². The standard InChI is InChI=1S/C38H54ClN3O8S/c1-21-12-11-13-23(3)38(47)20-28(48-35(46)40-38)24(4)33-37(8,50-33)29(49-34(45)25(5)41(9)30(43)14-15-36(6,7)51)19-31(44)42(10)27-18-26(16-21)17-22(2)32(27)39/h11-13,17-18,23-25,28-29,33,47,51H,14-16,19-20H2,1-10H3,(H,40,46)/b13-11+,21-12+/t23-,24-,25+,28?,29+,33+,37+,38+/m1/s1. The number of nitrogens with one attached hydrogen (secondary N) is 1. The number of alkyl carbamates (subject to hydrolysis) is 1. The second-order valence-corrected chi connectivity index (χ2v) is 17.1. The molecular formula is C38H54ClN3O8S. The van der Waals surface area contributed by atoms with E-state index in [1.165, 1.54) is 9.80 Å². The second kappa shape index (κ2) is 15.5. The molecule has 8 atom stereocenters. The summed E-state index contributed by atoms with van der Waals surface area (Å²) >= 11 is 11.3. The van der Waals surface area contributed by atoms with Crippen molar-refractivity contribution in [2.75, 3.05) is 19.0 Å². The van der Waals surface area contributed by atoms with E-state index in [9.17, 15) is 24.3 Å². The number of likely N-dealkylation sites (N-methyl/N-ethyl adjacent to an activating group) is 1. The van der Waals surface area contributed by atoms with Gasteiger partial charge in [0, 0.05) is 43.5 Å². The maximum Gasteiger partial charge on any atom is 0.409 e. The Morgan fingerprint density at radius 3 is 2.57 bits per heavy atom. The van der Waals surface area contributed by atoms with Crippen molar-refractivity contribution in [1.82, 2.24) is 10.2 Å². The van der Waals surface area contributed by atoms with Gasteiger partial charge in [0.1, 0.15) is 29.6 Å². The number of nitrogens with zero attached hydrogens (tertiary/aromatic N) is 2. The van der Waals surface area contributed by atoms with Crippen LogP contribution in [0.2, 0.25) is 5.02 Å². The fourth-order valence-electron chi connectivity index (χ4n) is 6.75. The van der Waals surface area contributed by atoms with Crippen molar-refractivity contribution in [3.05, 3.63) is 52.1 Å². The van der Waals surface area contributed by atoms with Gasteiger partial charge in [0.2, 0.25) is 11.8 Å². The van der Waals surface area contributed by atoms with Crippen molar-refractivity contribution in [2.45, 2.75) is 128 Å². The van der Waals surface area contributed by atoms with Crippen LogP contribution in [0.1, 0.15) is 85.3 Å². The number of thiol groups is 1. The minimum absolute atomic E-state index is 0.0762. The first kappa shape index (κ1) is 40.7. The number of amides is 3. The zero-order valence-electron chi connectivity index (χ0n) is 31.4. The highest BCUT2D eigenvalue weighted by Crippen LogP contribution is 2.49. The molecular weight excluding hydrogens is 694 g/mol. The lowest BCUT2D eigenvalue weighted by Crippen LogP contribution is -2.60. The predicted octanol–water partition coefficient (Wildman–Crippen LogP) is 5.92. The molecule has 1 aromatic rings. The second-order valence-electron chi connectivity index (χ2n) is 15.5. The SMILES string of the molecule is C/C1=C\C=C\[C@@H](C)[C@@]2(O)CC(OC(=O)N2)[C@@H](C)[C@@H]2O[C@@]2(C)[C@@H](OC(=O)[C@H](C)N(C)C(=O)CCC(C)(C)S)CC(=O)N(C)c2cc(cc(C)c2Cl)C1. The monoisotopic (exact) mass is 747 g/mol. The largest absolute Gasteiger partial charge is 0.457 e. The number of anilines is 1. The number of esters is 1. The van der Waals surface area contributed by atoms with Gasteiger partial charge in [0.15, 0.2) is 0 Å². The molecule has 282 valence electrons. The van der Waals surface area contributed by atoms with Crippen LogP contribution in [0.15, 0.2) is 35.9 Å². The first-order chi connectivity index (χ1) is 23.6. The van der Waals surface area contributed by atoms with Crippen molar-refractivity contribution in [3.63, 3.8) is 0 Å². The molecule has 0 radical (unpaired) electrons. The molecule has 51 heavy (non-hydrogen) atoms. The number of benzene rings is 1. The van der Waals surface area contributed by atoms with Crippen molar-refractivity contribution in [2.24, 2.45) is 11.8 Å². The molecule has 3 heterocycles. The minimum atomic E-state index is -1.60. The number of carbonyl (C=O) groups is 4. The summed E-state index contributed by atoms with van der Waals surface area (Å²) in [4.78, 5) is 56.3. The number of halogens is 1. The first-order valence-corrected chi connectivity index (χ1v) is 18.4. The van der Waals surface area contributed by atoms with Gasteiger partial charge in [-0.05, 0) is 57.7 Å². The van der Waals surface area contributed by atoms with Crippen molar-refractivity contribution >= 4 is 53.8 Å². The number of aryl methyl sites for hydroxylation is 1. The third-order valence-corrected chi connectivity index (χ3v) is 11.3. The molecule has 13 heteroatoms. The number of aliphatic hydroxyl groups is 1. The van der Waals surface area contributed by atoms with E-state index in [1.807, 2.05) is 71.9 Å². The Kier molecular flexibility index (Phi) is 12.4. The van der Waals surface area contributed by atoms with Crippen LogP contribution in [0, 0.1) is 18.8 Å². The number of epoxide rings is 1. The van der Waals surface area contributed by atoms with E-state index < -0.39 is 59.6 Å². The number of allylic oxidation sites excluding steroid dienone is 3. The Morgan fingerprint density at radius 1 is 1.25 bits per heavy atom. The number of ether oxygens (including phenoxy) is 3. The van der Waals surface area contributed by atoms with Crippen LogP contribution in [0.4, 0.5) is 10.5 Å². The molecule has 0 aliphatic carbocycles. The molecule has 3 amide bonds. The molecule has 2 N–H and O–H groups in total. The molecule has 3 aliphatic heterocycles. The van der Waals surface area contributed by atoms with E-state index in [2.05, 4.69) is 17.9 Å². The minimum Gasteiger partial charge on any atom is -0.457 e. The Hall–Kier alpha value is -3.06. The summed E-state index contributed by atoms with van der Waals surface area (Å²) in [5, 5.41) is 14.7. The molecule has 3 aliphatic rings. The predicted molar refractivity (Wildman–Crippen MR) is 200 cm³/mol. The molecule has 2 saturated heterocycles. The van der Waals surface area contributed by atoms with Gasteiger partial charge in [-0.1, -0.05) is 69.2 Å². The fourth-order valence-corrected chi connectivity index (χ4v) is 7.10. The molecule has 1 aromatic carbocycles. The molecule has 11 nitrogen and oxygen atoms in total. The topological polar surface area (TPSA) is 138 Å². The van der Waals surface area contributed by atoms with E-state index >= 15 is 0 Å². The van der Waals surface area contributed by atoms with Gasteiger partial charge >= 0.3 is 12.1 Å². The van der Waals surface area contributed by atoms with Crippen LogP contribution < -0.4 is 10.2 Å². The molecule has 4 bridgehead atoms. The molecule has 0 saturated carbocycles. The maximum absolute atomic E-state index is 14.1. The van der Waals surface area contributed by atoms with Gasteiger partial charge in [0.25, 0.3) is 0 Å². The van der Waals surface area contributed by atoms with Gasteiger partial charge in [-0.3, -0.25) is 14.9 Å². The zero-order valence-corrected chi connectivity index (χ0v) is 33.1. The Balaban J connectivity index is 1.71. The normalized spacial score (nSPS) is 32.4. The van der Waals surface area contributed by atoms with Crippen LogP contribution in [-0.4, -0.2) is 88.4 Å². The van der Waals surface area contributed by atoms with E-state index in [4.69, 9.17) is 25.8 Å². The average Bonchev–Trinajstić information content (AvgIpc) is 3.74. The van der Waals surface area contributed by atoms with Crippen LogP contribution in [0.5, 0.6) is 0 Å². The number of hydrogen-bond acceptors (Lipinski definition) is 9. The van der Waals surface area contributed by atoms with Gasteiger partial charge in [-0.15, -0.1) is 0 Å². The molecule has 2 fully saturated rings. The molecule has 0 aromatic heterocycles. The van der Waals surface area contributed by atoms with E-state index in [-0.39, 0.29) is 35.8 Å². The highest BCUT2D eigenvalue weighted by atomic mass is 35.5. The van der Waals surface area contributed by atoms with E-state index in [0.717, 1.165) is 16.7 Å².